The summed E-state index contributed by atoms with van der Waals surface area (Å²) in [4.78, 5) is 3.12. The van der Waals surface area contributed by atoms with Crippen molar-refractivity contribution in [2.75, 3.05) is 6.54 Å². The lowest BCUT2D eigenvalue weighted by molar-refractivity contribution is 0.635. The summed E-state index contributed by atoms with van der Waals surface area (Å²) in [5.41, 5.74) is 5.78. The summed E-state index contributed by atoms with van der Waals surface area (Å²) in [6, 6.07) is 9.65. The Hall–Kier alpha value is -1.12. The molecular weight excluding hydrogens is 274 g/mol. The monoisotopic (exact) mass is 299 g/mol. The van der Waals surface area contributed by atoms with Crippen LogP contribution in [0.4, 0.5) is 0 Å². The minimum atomic E-state index is 0.353. The molecule has 0 radical (unpaired) electrons. The molecule has 0 amide bonds. The molecule has 1 unspecified atom stereocenters. The maximum absolute atomic E-state index is 3.70. The first-order valence-corrected chi connectivity index (χ1v) is 8.92. The number of hydrogen-bond donors (Lipinski definition) is 1. The fraction of sp³-hybridized carbons (Fsp3) is 0.474. The summed E-state index contributed by atoms with van der Waals surface area (Å²) in [7, 11) is 0. The molecule has 1 aromatic heterocycles. The summed E-state index contributed by atoms with van der Waals surface area (Å²) < 4.78 is 0. The summed E-state index contributed by atoms with van der Waals surface area (Å²) in [6.45, 7) is 7.60. The van der Waals surface area contributed by atoms with Crippen molar-refractivity contribution in [1.82, 2.24) is 5.32 Å². The van der Waals surface area contributed by atoms with E-state index < -0.39 is 0 Å². The molecule has 1 aliphatic rings. The van der Waals surface area contributed by atoms with Gasteiger partial charge in [0, 0.05) is 9.75 Å². The Morgan fingerprint density at radius 3 is 2.67 bits per heavy atom. The van der Waals surface area contributed by atoms with Gasteiger partial charge in [-0.2, -0.15) is 0 Å². The Kier molecular flexibility index (Phi) is 4.46. The van der Waals surface area contributed by atoms with Crippen molar-refractivity contribution < 1.29 is 0 Å². The fourth-order valence-electron chi connectivity index (χ4n) is 3.37. The second kappa shape index (κ2) is 6.33. The average Bonchev–Trinajstić information content (AvgIpc) is 2.89. The molecule has 1 heterocycles. The van der Waals surface area contributed by atoms with Crippen LogP contribution in [0.1, 0.15) is 57.8 Å². The third-order valence-electron chi connectivity index (χ3n) is 4.44. The van der Waals surface area contributed by atoms with Crippen LogP contribution in [-0.2, 0) is 12.8 Å². The lowest BCUT2D eigenvalue weighted by atomic mass is 9.95. The highest BCUT2D eigenvalue weighted by molar-refractivity contribution is 7.12. The third kappa shape index (κ3) is 3.07. The van der Waals surface area contributed by atoms with Crippen LogP contribution < -0.4 is 5.32 Å². The van der Waals surface area contributed by atoms with E-state index in [1.165, 1.54) is 47.3 Å². The highest BCUT2D eigenvalue weighted by Gasteiger charge is 2.21. The van der Waals surface area contributed by atoms with Gasteiger partial charge in [-0.25, -0.2) is 0 Å². The van der Waals surface area contributed by atoms with Crippen LogP contribution in [0.3, 0.4) is 0 Å². The van der Waals surface area contributed by atoms with E-state index in [-0.39, 0.29) is 0 Å². The largest absolute Gasteiger partial charge is 0.306 e. The summed E-state index contributed by atoms with van der Waals surface area (Å²) in [5.74, 6) is 0. The maximum atomic E-state index is 3.70. The van der Waals surface area contributed by atoms with Crippen molar-refractivity contribution in [2.45, 2.75) is 52.5 Å². The first-order chi connectivity index (χ1) is 10.2. The molecule has 112 valence electrons. The Bertz CT molecular complexity index is 603. The van der Waals surface area contributed by atoms with Crippen LogP contribution in [0.15, 0.2) is 24.3 Å². The van der Waals surface area contributed by atoms with Crippen molar-refractivity contribution in [3.05, 3.63) is 56.3 Å². The number of rotatable bonds is 4. The molecule has 1 nitrogen and oxygen atoms in total. The van der Waals surface area contributed by atoms with E-state index in [0.717, 1.165) is 6.54 Å². The number of nitrogens with one attached hydrogen (secondary N) is 1. The number of benzene rings is 1. The van der Waals surface area contributed by atoms with Gasteiger partial charge in [-0.15, -0.1) is 11.3 Å². The van der Waals surface area contributed by atoms with Gasteiger partial charge in [0.15, 0.2) is 0 Å². The van der Waals surface area contributed by atoms with Crippen LogP contribution in [0.25, 0.3) is 0 Å². The Balaban J connectivity index is 1.99. The van der Waals surface area contributed by atoms with Crippen LogP contribution >= 0.6 is 11.3 Å². The van der Waals surface area contributed by atoms with E-state index in [9.17, 15) is 0 Å². The van der Waals surface area contributed by atoms with Gasteiger partial charge in [-0.3, -0.25) is 0 Å². The second-order valence-electron chi connectivity index (χ2n) is 6.16. The minimum absolute atomic E-state index is 0.353. The van der Waals surface area contributed by atoms with Crippen molar-refractivity contribution in [2.24, 2.45) is 0 Å². The van der Waals surface area contributed by atoms with E-state index in [1.807, 2.05) is 11.3 Å². The fourth-order valence-corrected chi connectivity index (χ4v) is 4.73. The van der Waals surface area contributed by atoms with Gasteiger partial charge in [-0.05, 0) is 68.8 Å². The Morgan fingerprint density at radius 2 is 1.95 bits per heavy atom. The van der Waals surface area contributed by atoms with E-state index in [4.69, 9.17) is 0 Å². The zero-order valence-electron chi connectivity index (χ0n) is 13.3. The normalized spacial score (nSPS) is 15.8. The van der Waals surface area contributed by atoms with Crippen molar-refractivity contribution >= 4 is 11.3 Å². The quantitative estimate of drug-likeness (QED) is 0.843. The molecule has 1 atom stereocenters. The molecule has 3 rings (SSSR count). The molecule has 2 heteroatoms. The van der Waals surface area contributed by atoms with Gasteiger partial charge < -0.3 is 5.32 Å². The molecule has 2 aromatic rings. The highest BCUT2D eigenvalue weighted by atomic mass is 32.1. The maximum Gasteiger partial charge on any atom is 0.0673 e. The molecule has 1 aliphatic carbocycles. The summed E-state index contributed by atoms with van der Waals surface area (Å²) in [6.07, 6.45) is 5.28. The van der Waals surface area contributed by atoms with Crippen molar-refractivity contribution in [1.29, 1.82) is 0 Å². The zero-order valence-corrected chi connectivity index (χ0v) is 14.1. The van der Waals surface area contributed by atoms with E-state index >= 15 is 0 Å². The Morgan fingerprint density at radius 1 is 1.14 bits per heavy atom. The highest BCUT2D eigenvalue weighted by Crippen LogP contribution is 2.36. The predicted octanol–water partition coefficient (Wildman–Crippen LogP) is 4.94. The van der Waals surface area contributed by atoms with Crippen LogP contribution in [0.5, 0.6) is 0 Å². The van der Waals surface area contributed by atoms with Crippen LogP contribution in [0, 0.1) is 13.8 Å². The summed E-state index contributed by atoms with van der Waals surface area (Å²) in [5, 5.41) is 3.70. The molecule has 0 saturated carbocycles. The van der Waals surface area contributed by atoms with E-state index in [2.05, 4.69) is 50.4 Å². The summed E-state index contributed by atoms with van der Waals surface area (Å²) >= 11 is 2.03. The number of thiophene rings is 1. The van der Waals surface area contributed by atoms with E-state index in [0.29, 0.717) is 6.04 Å². The van der Waals surface area contributed by atoms with E-state index in [1.54, 1.807) is 10.4 Å². The molecular formula is C19H25NS. The average molecular weight is 299 g/mol. The Labute approximate surface area is 132 Å². The van der Waals surface area contributed by atoms with Gasteiger partial charge >= 0.3 is 0 Å². The molecule has 1 aromatic carbocycles. The molecule has 1 N–H and O–H groups in total. The first-order valence-electron chi connectivity index (χ1n) is 8.11. The first kappa shape index (κ1) is 14.8. The topological polar surface area (TPSA) is 12.0 Å². The molecule has 0 spiro atoms. The van der Waals surface area contributed by atoms with Gasteiger partial charge in [0.2, 0.25) is 0 Å². The van der Waals surface area contributed by atoms with Gasteiger partial charge in [0.1, 0.15) is 0 Å². The zero-order chi connectivity index (χ0) is 14.8. The molecule has 0 bridgehead atoms. The van der Waals surface area contributed by atoms with Crippen molar-refractivity contribution in [3.8, 4) is 0 Å². The van der Waals surface area contributed by atoms with Crippen LogP contribution in [-0.4, -0.2) is 6.54 Å². The standard InChI is InChI=1S/C19H25NS/c1-4-20-19(16-10-9-13(2)11-14(16)3)18-12-15-7-5-6-8-17(15)21-18/h9-12,19-20H,4-8H2,1-3H3. The van der Waals surface area contributed by atoms with Gasteiger partial charge in [-0.1, -0.05) is 30.7 Å². The van der Waals surface area contributed by atoms with Gasteiger partial charge in [0.25, 0.3) is 0 Å². The number of fused-ring (bicyclic) bond motifs is 1. The van der Waals surface area contributed by atoms with Crippen molar-refractivity contribution in [3.63, 3.8) is 0 Å². The minimum Gasteiger partial charge on any atom is -0.306 e. The number of aryl methyl sites for hydroxylation is 4. The molecule has 0 fully saturated rings. The lowest BCUT2D eigenvalue weighted by Crippen LogP contribution is -2.22. The molecule has 0 saturated heterocycles. The van der Waals surface area contributed by atoms with Crippen LogP contribution in [0.2, 0.25) is 0 Å². The second-order valence-corrected chi connectivity index (χ2v) is 7.32. The number of hydrogen-bond acceptors (Lipinski definition) is 2. The molecule has 21 heavy (non-hydrogen) atoms. The van der Waals surface area contributed by atoms with Gasteiger partial charge in [0.05, 0.1) is 6.04 Å². The lowest BCUT2D eigenvalue weighted by Gasteiger charge is -2.19. The third-order valence-corrected chi connectivity index (χ3v) is 5.75. The molecule has 0 aliphatic heterocycles. The smallest absolute Gasteiger partial charge is 0.0673 e. The SMILES string of the molecule is CCNC(c1cc2c(s1)CCCC2)c1ccc(C)cc1C. The predicted molar refractivity (Wildman–Crippen MR) is 92.4 cm³/mol.